The maximum atomic E-state index is 12.3. The number of likely N-dealkylation sites (N-methyl/N-ethyl adjacent to an activating group) is 1. The maximum Gasteiger partial charge on any atom is 0.234 e. The van der Waals surface area contributed by atoms with E-state index in [2.05, 4.69) is 39.4 Å². The Bertz CT molecular complexity index is 670. The Kier molecular flexibility index (Phi) is 6.19. The largest absolute Gasteiger partial charge is 0.351 e. The lowest BCUT2D eigenvalue weighted by Crippen LogP contribution is -2.38. The van der Waals surface area contributed by atoms with Crippen LogP contribution in [0.2, 0.25) is 0 Å². The Morgan fingerprint density at radius 2 is 1.96 bits per heavy atom. The zero-order chi connectivity index (χ0) is 17.5. The molecule has 0 unspecified atom stereocenters. The third-order valence-corrected chi connectivity index (χ3v) is 4.67. The number of nitrogens with one attached hydrogen (secondary N) is 1. The molecule has 0 radical (unpaired) electrons. The molecule has 0 spiro atoms. The van der Waals surface area contributed by atoms with Crippen LogP contribution >= 0.6 is 0 Å². The van der Waals surface area contributed by atoms with E-state index in [1.54, 1.807) is 6.20 Å². The van der Waals surface area contributed by atoms with Gasteiger partial charge in [-0.1, -0.05) is 24.3 Å². The molecule has 2 aromatic rings. The van der Waals surface area contributed by atoms with Gasteiger partial charge >= 0.3 is 0 Å². The summed E-state index contributed by atoms with van der Waals surface area (Å²) in [6.07, 6.45) is 4.85. The highest BCUT2D eigenvalue weighted by Gasteiger charge is 2.15. The van der Waals surface area contributed by atoms with Crippen LogP contribution in [0.5, 0.6) is 0 Å². The highest BCUT2D eigenvalue weighted by atomic mass is 16.2. The van der Waals surface area contributed by atoms with Crippen LogP contribution < -0.4 is 5.32 Å². The van der Waals surface area contributed by atoms with Crippen LogP contribution in [-0.2, 0) is 17.9 Å². The minimum absolute atomic E-state index is 0.0958. The molecule has 1 aromatic carbocycles. The molecule has 3 rings (SSSR count). The van der Waals surface area contributed by atoms with Crippen LogP contribution in [0.4, 0.5) is 0 Å². The number of rotatable bonds is 6. The molecular formula is C19H27N5O. The molecule has 134 valence electrons. The van der Waals surface area contributed by atoms with Crippen molar-refractivity contribution in [2.45, 2.75) is 19.5 Å². The van der Waals surface area contributed by atoms with Gasteiger partial charge in [-0.05, 0) is 43.8 Å². The van der Waals surface area contributed by atoms with Gasteiger partial charge in [0.2, 0.25) is 5.91 Å². The van der Waals surface area contributed by atoms with Gasteiger partial charge in [-0.2, -0.15) is 5.10 Å². The highest BCUT2D eigenvalue weighted by Crippen LogP contribution is 2.10. The SMILES string of the molecule is CN1CCCN(CC(=O)NCc2ccccc2Cn2cccn2)CC1. The summed E-state index contributed by atoms with van der Waals surface area (Å²) >= 11 is 0. The van der Waals surface area contributed by atoms with Crippen LogP contribution in [0.15, 0.2) is 42.7 Å². The number of benzene rings is 1. The van der Waals surface area contributed by atoms with E-state index in [4.69, 9.17) is 0 Å². The monoisotopic (exact) mass is 341 g/mol. The molecule has 0 aliphatic carbocycles. The second kappa shape index (κ2) is 8.78. The van der Waals surface area contributed by atoms with Gasteiger partial charge in [0.25, 0.3) is 0 Å². The van der Waals surface area contributed by atoms with Crippen molar-refractivity contribution in [3.8, 4) is 0 Å². The van der Waals surface area contributed by atoms with Gasteiger partial charge in [0, 0.05) is 32.0 Å². The summed E-state index contributed by atoms with van der Waals surface area (Å²) in [6.45, 7) is 5.85. The van der Waals surface area contributed by atoms with Gasteiger partial charge < -0.3 is 10.2 Å². The third-order valence-electron chi connectivity index (χ3n) is 4.67. The molecule has 1 saturated heterocycles. The molecular weight excluding hydrogens is 314 g/mol. The molecule has 1 aromatic heterocycles. The molecule has 0 bridgehead atoms. The van der Waals surface area contributed by atoms with E-state index in [0.717, 1.165) is 44.7 Å². The Morgan fingerprint density at radius 1 is 1.12 bits per heavy atom. The fourth-order valence-electron chi connectivity index (χ4n) is 3.16. The summed E-state index contributed by atoms with van der Waals surface area (Å²) in [5.41, 5.74) is 2.32. The number of carbonyl (C=O) groups is 1. The van der Waals surface area contributed by atoms with Crippen molar-refractivity contribution in [3.63, 3.8) is 0 Å². The fourth-order valence-corrected chi connectivity index (χ4v) is 3.16. The number of nitrogens with zero attached hydrogens (tertiary/aromatic N) is 4. The zero-order valence-electron chi connectivity index (χ0n) is 14.9. The molecule has 2 heterocycles. The van der Waals surface area contributed by atoms with Crippen molar-refractivity contribution in [1.29, 1.82) is 0 Å². The van der Waals surface area contributed by atoms with Crippen molar-refractivity contribution in [2.24, 2.45) is 0 Å². The minimum atomic E-state index is 0.0958. The molecule has 1 fully saturated rings. The first-order chi connectivity index (χ1) is 12.2. The van der Waals surface area contributed by atoms with E-state index >= 15 is 0 Å². The van der Waals surface area contributed by atoms with E-state index in [1.165, 1.54) is 5.56 Å². The van der Waals surface area contributed by atoms with Crippen molar-refractivity contribution in [2.75, 3.05) is 39.8 Å². The normalized spacial score (nSPS) is 16.5. The summed E-state index contributed by atoms with van der Waals surface area (Å²) < 4.78 is 1.90. The van der Waals surface area contributed by atoms with Crippen LogP contribution in [-0.4, -0.2) is 65.3 Å². The Hall–Kier alpha value is -2.18. The zero-order valence-corrected chi connectivity index (χ0v) is 14.9. The van der Waals surface area contributed by atoms with Gasteiger partial charge in [0.05, 0.1) is 13.1 Å². The Labute approximate surface area is 149 Å². The lowest BCUT2D eigenvalue weighted by atomic mass is 10.1. The smallest absolute Gasteiger partial charge is 0.234 e. The summed E-state index contributed by atoms with van der Waals surface area (Å²) in [7, 11) is 2.14. The summed E-state index contributed by atoms with van der Waals surface area (Å²) in [5, 5.41) is 7.33. The molecule has 6 heteroatoms. The average molecular weight is 341 g/mol. The molecule has 1 amide bonds. The van der Waals surface area contributed by atoms with Crippen LogP contribution in [0, 0.1) is 0 Å². The van der Waals surface area contributed by atoms with Crippen molar-refractivity contribution >= 4 is 5.91 Å². The minimum Gasteiger partial charge on any atom is -0.351 e. The maximum absolute atomic E-state index is 12.3. The Balaban J connectivity index is 1.52. The van der Waals surface area contributed by atoms with Crippen LogP contribution in [0.1, 0.15) is 17.5 Å². The number of hydrogen-bond acceptors (Lipinski definition) is 4. The Morgan fingerprint density at radius 3 is 2.76 bits per heavy atom. The molecule has 1 aliphatic rings. The van der Waals surface area contributed by atoms with Gasteiger partial charge in [0.1, 0.15) is 0 Å². The molecule has 6 nitrogen and oxygen atoms in total. The van der Waals surface area contributed by atoms with Crippen molar-refractivity contribution in [1.82, 2.24) is 24.9 Å². The van der Waals surface area contributed by atoms with Crippen molar-refractivity contribution in [3.05, 3.63) is 53.9 Å². The first kappa shape index (κ1) is 17.6. The summed E-state index contributed by atoms with van der Waals surface area (Å²) in [4.78, 5) is 16.9. The fraction of sp³-hybridized carbons (Fsp3) is 0.474. The van der Waals surface area contributed by atoms with E-state index in [0.29, 0.717) is 13.1 Å². The van der Waals surface area contributed by atoms with E-state index in [9.17, 15) is 4.79 Å². The molecule has 1 N–H and O–H groups in total. The molecule has 1 aliphatic heterocycles. The molecule has 0 saturated carbocycles. The number of carbonyl (C=O) groups excluding carboxylic acids is 1. The second-order valence-corrected chi connectivity index (χ2v) is 6.68. The molecule has 0 atom stereocenters. The number of amides is 1. The van der Waals surface area contributed by atoms with Crippen molar-refractivity contribution < 1.29 is 4.79 Å². The van der Waals surface area contributed by atoms with E-state index in [1.807, 2.05) is 29.1 Å². The lowest BCUT2D eigenvalue weighted by molar-refractivity contribution is -0.122. The van der Waals surface area contributed by atoms with E-state index in [-0.39, 0.29) is 5.91 Å². The standard InChI is InChI=1S/C19H27N5O/c1-22-9-5-10-23(13-12-22)16-19(25)20-14-17-6-2-3-7-18(17)15-24-11-4-8-21-24/h2-4,6-8,11H,5,9-10,12-16H2,1H3,(H,20,25). The quantitative estimate of drug-likeness (QED) is 0.857. The van der Waals surface area contributed by atoms with Crippen LogP contribution in [0.3, 0.4) is 0 Å². The first-order valence-electron chi connectivity index (χ1n) is 8.92. The summed E-state index contributed by atoms with van der Waals surface area (Å²) in [6, 6.07) is 10.1. The van der Waals surface area contributed by atoms with Gasteiger partial charge in [-0.25, -0.2) is 0 Å². The predicted molar refractivity (Wildman–Crippen MR) is 98.2 cm³/mol. The predicted octanol–water partition coefficient (Wildman–Crippen LogP) is 1.19. The topological polar surface area (TPSA) is 53.4 Å². The second-order valence-electron chi connectivity index (χ2n) is 6.68. The highest BCUT2D eigenvalue weighted by molar-refractivity contribution is 5.78. The molecule has 25 heavy (non-hydrogen) atoms. The van der Waals surface area contributed by atoms with E-state index < -0.39 is 0 Å². The number of aromatic nitrogens is 2. The number of hydrogen-bond donors (Lipinski definition) is 1. The van der Waals surface area contributed by atoms with Gasteiger partial charge in [-0.15, -0.1) is 0 Å². The summed E-state index contributed by atoms with van der Waals surface area (Å²) in [5.74, 6) is 0.0958. The van der Waals surface area contributed by atoms with Gasteiger partial charge in [-0.3, -0.25) is 14.4 Å². The third kappa shape index (κ3) is 5.41. The average Bonchev–Trinajstić information content (AvgIpc) is 3.03. The van der Waals surface area contributed by atoms with Crippen LogP contribution in [0.25, 0.3) is 0 Å². The lowest BCUT2D eigenvalue weighted by Gasteiger charge is -2.19. The first-order valence-corrected chi connectivity index (χ1v) is 8.92. The van der Waals surface area contributed by atoms with Gasteiger partial charge in [0.15, 0.2) is 0 Å².